The minimum atomic E-state index is -4.41. The Morgan fingerprint density at radius 3 is 2.68 bits per heavy atom. The minimum absolute atomic E-state index is 0.103. The molecule has 2 heterocycles. The average molecular weight is 410 g/mol. The lowest BCUT2D eigenvalue weighted by molar-refractivity contribution is -0.137. The molecule has 0 aliphatic rings. The molecule has 1 aromatic carbocycles. The second kappa shape index (κ2) is 8.98. The summed E-state index contributed by atoms with van der Waals surface area (Å²) in [5.74, 6) is 0.0117. The zero-order chi connectivity index (χ0) is 20.0. The van der Waals surface area contributed by atoms with Gasteiger partial charge in [0.05, 0.1) is 22.4 Å². The van der Waals surface area contributed by atoms with E-state index in [2.05, 4.69) is 20.6 Å². The third-order valence-electron chi connectivity index (χ3n) is 3.64. The Balaban J connectivity index is 1.32. The molecular formula is C18H17F3N4O2S. The van der Waals surface area contributed by atoms with E-state index < -0.39 is 11.7 Å². The smallest absolute Gasteiger partial charge is 0.368 e. The van der Waals surface area contributed by atoms with Gasteiger partial charge in [-0.1, -0.05) is 12.1 Å². The van der Waals surface area contributed by atoms with E-state index in [1.807, 2.05) is 24.3 Å². The van der Waals surface area contributed by atoms with Gasteiger partial charge in [0.25, 0.3) is 0 Å². The van der Waals surface area contributed by atoms with Crippen molar-refractivity contribution < 1.29 is 22.7 Å². The van der Waals surface area contributed by atoms with Gasteiger partial charge in [-0.3, -0.25) is 4.79 Å². The van der Waals surface area contributed by atoms with Crippen molar-refractivity contribution in [3.63, 3.8) is 0 Å². The number of anilines is 1. The van der Waals surface area contributed by atoms with E-state index in [0.29, 0.717) is 12.4 Å². The predicted octanol–water partition coefficient (Wildman–Crippen LogP) is 3.46. The van der Waals surface area contributed by atoms with Gasteiger partial charge in [0.2, 0.25) is 5.91 Å². The van der Waals surface area contributed by atoms with Gasteiger partial charge in [-0.05, 0) is 24.3 Å². The summed E-state index contributed by atoms with van der Waals surface area (Å²) < 4.78 is 43.8. The number of pyridine rings is 1. The number of fused-ring (bicyclic) bond motifs is 1. The largest absolute Gasteiger partial charge is 0.417 e. The van der Waals surface area contributed by atoms with Gasteiger partial charge >= 0.3 is 6.18 Å². The summed E-state index contributed by atoms with van der Waals surface area (Å²) in [6.45, 7) is 0.753. The van der Waals surface area contributed by atoms with Gasteiger partial charge in [0.1, 0.15) is 17.4 Å². The fourth-order valence-corrected chi connectivity index (χ4v) is 3.23. The van der Waals surface area contributed by atoms with Crippen LogP contribution >= 0.6 is 11.3 Å². The van der Waals surface area contributed by atoms with Crippen LogP contribution in [0.15, 0.2) is 42.6 Å². The van der Waals surface area contributed by atoms with Crippen LogP contribution in [0.5, 0.6) is 0 Å². The van der Waals surface area contributed by atoms with Gasteiger partial charge in [0, 0.05) is 19.3 Å². The van der Waals surface area contributed by atoms with E-state index in [0.717, 1.165) is 27.5 Å². The number of ether oxygens (including phenoxy) is 1. The highest BCUT2D eigenvalue weighted by molar-refractivity contribution is 7.18. The number of benzene rings is 1. The molecule has 0 bridgehead atoms. The molecular weight excluding hydrogens is 393 g/mol. The first-order valence-corrected chi connectivity index (χ1v) is 9.19. The van der Waals surface area contributed by atoms with Crippen molar-refractivity contribution >= 4 is 33.3 Å². The molecule has 0 aliphatic carbocycles. The summed E-state index contributed by atoms with van der Waals surface area (Å²) in [6, 6.07) is 9.93. The van der Waals surface area contributed by atoms with Crippen LogP contribution in [-0.4, -0.2) is 35.6 Å². The summed E-state index contributed by atoms with van der Waals surface area (Å²) >= 11 is 1.52. The van der Waals surface area contributed by atoms with Crippen LogP contribution in [0.25, 0.3) is 10.2 Å². The fraction of sp³-hybridized carbons (Fsp3) is 0.278. The van der Waals surface area contributed by atoms with Crippen molar-refractivity contribution in [2.24, 2.45) is 0 Å². The lowest BCUT2D eigenvalue weighted by Crippen LogP contribution is -2.31. The molecule has 0 aliphatic heterocycles. The minimum Gasteiger partial charge on any atom is -0.368 e. The highest BCUT2D eigenvalue weighted by atomic mass is 32.1. The second-order valence-electron chi connectivity index (χ2n) is 5.77. The highest BCUT2D eigenvalue weighted by Gasteiger charge is 2.30. The molecule has 1 amide bonds. The number of alkyl halides is 3. The van der Waals surface area contributed by atoms with Crippen LogP contribution < -0.4 is 10.6 Å². The molecule has 3 rings (SSSR count). The van der Waals surface area contributed by atoms with Crippen LogP contribution in [-0.2, 0) is 22.3 Å². The van der Waals surface area contributed by atoms with Crippen molar-refractivity contribution in [3.05, 3.63) is 53.2 Å². The van der Waals surface area contributed by atoms with Gasteiger partial charge in [-0.15, -0.1) is 11.3 Å². The van der Waals surface area contributed by atoms with Gasteiger partial charge in [0.15, 0.2) is 0 Å². The molecule has 0 saturated carbocycles. The zero-order valence-electron chi connectivity index (χ0n) is 14.6. The Kier molecular flexibility index (Phi) is 6.42. The fourth-order valence-electron chi connectivity index (χ4n) is 2.32. The van der Waals surface area contributed by atoms with Crippen LogP contribution in [0, 0.1) is 0 Å². The normalized spacial score (nSPS) is 11.5. The number of hydrogen-bond donors (Lipinski definition) is 2. The standard InChI is InChI=1S/C18H17F3N4O2S/c19-18(20,21)12-5-6-15(24-9-12)22-7-8-23-16(26)10-27-11-17-25-13-3-1-2-4-14(13)28-17/h1-6,9H,7-8,10-11H2,(H,22,24)(H,23,26). The maximum Gasteiger partial charge on any atom is 0.417 e. The maximum atomic E-state index is 12.5. The quantitative estimate of drug-likeness (QED) is 0.557. The van der Waals surface area contributed by atoms with Crippen LogP contribution in [0.4, 0.5) is 19.0 Å². The number of carbonyl (C=O) groups excluding carboxylic acids is 1. The summed E-state index contributed by atoms with van der Waals surface area (Å²) in [5, 5.41) is 6.28. The first-order chi connectivity index (χ1) is 13.4. The summed E-state index contributed by atoms with van der Waals surface area (Å²) in [7, 11) is 0. The summed E-state index contributed by atoms with van der Waals surface area (Å²) in [4.78, 5) is 19.9. The van der Waals surface area contributed by atoms with Crippen molar-refractivity contribution in [1.29, 1.82) is 0 Å². The molecule has 2 aromatic heterocycles. The molecule has 0 spiro atoms. The molecule has 0 saturated heterocycles. The van der Waals surface area contributed by atoms with Gasteiger partial charge < -0.3 is 15.4 Å². The molecule has 0 unspecified atom stereocenters. The Morgan fingerprint density at radius 2 is 1.96 bits per heavy atom. The molecule has 0 atom stereocenters. The second-order valence-corrected chi connectivity index (χ2v) is 6.89. The Bertz CT molecular complexity index is 895. The topological polar surface area (TPSA) is 76.1 Å². The number of halogens is 3. The maximum absolute atomic E-state index is 12.5. The predicted molar refractivity (Wildman–Crippen MR) is 100 cm³/mol. The first kappa shape index (κ1) is 20.0. The summed E-state index contributed by atoms with van der Waals surface area (Å²) in [5.41, 5.74) is 0.0927. The molecule has 28 heavy (non-hydrogen) atoms. The SMILES string of the molecule is O=C(COCc1nc2ccccc2s1)NCCNc1ccc(C(F)(F)F)cn1. The highest BCUT2D eigenvalue weighted by Crippen LogP contribution is 2.28. The van der Waals surface area contributed by atoms with E-state index in [9.17, 15) is 18.0 Å². The molecule has 2 N–H and O–H groups in total. The van der Waals surface area contributed by atoms with E-state index in [-0.39, 0.29) is 25.7 Å². The van der Waals surface area contributed by atoms with Gasteiger partial charge in [-0.2, -0.15) is 13.2 Å². The first-order valence-electron chi connectivity index (χ1n) is 8.38. The third-order valence-corrected chi connectivity index (χ3v) is 4.65. The van der Waals surface area contributed by atoms with Gasteiger partial charge in [-0.25, -0.2) is 9.97 Å². The number of carbonyl (C=O) groups is 1. The molecule has 10 heteroatoms. The monoisotopic (exact) mass is 410 g/mol. The number of hydrogen-bond acceptors (Lipinski definition) is 6. The Hall–Kier alpha value is -2.72. The van der Waals surface area contributed by atoms with E-state index >= 15 is 0 Å². The van der Waals surface area contributed by atoms with Crippen molar-refractivity contribution in [3.8, 4) is 0 Å². The summed E-state index contributed by atoms with van der Waals surface area (Å²) in [6.07, 6.45) is -3.65. The zero-order valence-corrected chi connectivity index (χ0v) is 15.4. The third kappa shape index (κ3) is 5.64. The molecule has 0 fully saturated rings. The van der Waals surface area contributed by atoms with Crippen LogP contribution in [0.3, 0.4) is 0 Å². The number of thiazole rings is 1. The lowest BCUT2D eigenvalue weighted by atomic mass is 10.3. The number of amides is 1. The average Bonchev–Trinajstić information content (AvgIpc) is 3.08. The van der Waals surface area contributed by atoms with Crippen molar-refractivity contribution in [1.82, 2.24) is 15.3 Å². The Labute approximate surface area is 162 Å². The van der Waals surface area contributed by atoms with Crippen LogP contribution in [0.1, 0.15) is 10.6 Å². The molecule has 148 valence electrons. The molecule has 0 radical (unpaired) electrons. The number of para-hydroxylation sites is 1. The van der Waals surface area contributed by atoms with Crippen molar-refractivity contribution in [2.75, 3.05) is 25.0 Å². The van der Waals surface area contributed by atoms with E-state index in [1.165, 1.54) is 17.4 Å². The number of rotatable bonds is 8. The lowest BCUT2D eigenvalue weighted by Gasteiger charge is -2.09. The van der Waals surface area contributed by atoms with E-state index in [1.54, 1.807) is 0 Å². The molecule has 3 aromatic rings. The van der Waals surface area contributed by atoms with E-state index in [4.69, 9.17) is 4.74 Å². The number of nitrogens with one attached hydrogen (secondary N) is 2. The van der Waals surface area contributed by atoms with Crippen molar-refractivity contribution in [2.45, 2.75) is 12.8 Å². The Morgan fingerprint density at radius 1 is 1.14 bits per heavy atom. The molecule has 6 nitrogen and oxygen atoms in total. The number of nitrogens with zero attached hydrogens (tertiary/aromatic N) is 2. The van der Waals surface area contributed by atoms with Crippen LogP contribution in [0.2, 0.25) is 0 Å². The number of aromatic nitrogens is 2.